The Kier molecular flexibility index (Phi) is 3.56. The number of anilines is 1. The number of para-hydroxylation sites is 1. The van der Waals surface area contributed by atoms with E-state index in [1.165, 1.54) is 6.92 Å². The highest BCUT2D eigenvalue weighted by Crippen LogP contribution is 2.48. The molecule has 0 aromatic heterocycles. The standard InChI is InChI=1S/C17H17NO4/c1-9(19)12-4-2-3-5-13(12)18-16(20)14-10-6-7-11(8-10)15(14)17(21)22/h2-7,10-11,14-15H,8H2,1H3,(H,18,20)(H,21,22)/p-1/t10-,11-,14+,15-/m0/s1. The molecule has 1 saturated carbocycles. The number of hydrogen-bond acceptors (Lipinski definition) is 4. The van der Waals surface area contributed by atoms with E-state index in [1.54, 1.807) is 24.3 Å². The van der Waals surface area contributed by atoms with Crippen molar-refractivity contribution in [3.63, 3.8) is 0 Å². The molecule has 0 radical (unpaired) electrons. The van der Waals surface area contributed by atoms with Crippen LogP contribution in [0.25, 0.3) is 0 Å². The van der Waals surface area contributed by atoms with Crippen molar-refractivity contribution >= 4 is 23.3 Å². The van der Waals surface area contributed by atoms with Gasteiger partial charge in [0.1, 0.15) is 0 Å². The molecule has 1 fully saturated rings. The maximum atomic E-state index is 12.5. The largest absolute Gasteiger partial charge is 0.550 e. The minimum absolute atomic E-state index is 0.0719. The van der Waals surface area contributed by atoms with E-state index in [2.05, 4.69) is 5.32 Å². The molecule has 2 bridgehead atoms. The number of fused-ring (bicyclic) bond motifs is 2. The molecule has 1 aromatic rings. The molecule has 1 amide bonds. The van der Waals surface area contributed by atoms with E-state index in [4.69, 9.17) is 0 Å². The van der Waals surface area contributed by atoms with Crippen LogP contribution in [0.2, 0.25) is 0 Å². The fourth-order valence-electron chi connectivity index (χ4n) is 3.62. The SMILES string of the molecule is CC(=O)c1ccccc1NC(=O)[C@H]1[C@@H](C(=O)[O-])[C@H]2C=C[C@H]1C2. The average molecular weight is 298 g/mol. The van der Waals surface area contributed by atoms with Crippen LogP contribution in [0.15, 0.2) is 36.4 Å². The lowest BCUT2D eigenvalue weighted by atomic mass is 9.82. The molecule has 22 heavy (non-hydrogen) atoms. The number of allylic oxidation sites excluding steroid dienone is 2. The third-order valence-corrected chi connectivity index (χ3v) is 4.60. The molecular formula is C17H16NO4-. The van der Waals surface area contributed by atoms with Gasteiger partial charge in [0.05, 0.1) is 11.6 Å². The Labute approximate surface area is 128 Å². The number of nitrogens with one attached hydrogen (secondary N) is 1. The molecule has 0 saturated heterocycles. The van der Waals surface area contributed by atoms with Gasteiger partial charge < -0.3 is 15.2 Å². The summed E-state index contributed by atoms with van der Waals surface area (Å²) in [5.74, 6) is -3.33. The Balaban J connectivity index is 1.85. The molecule has 114 valence electrons. The number of carboxylic acids is 1. The Bertz CT molecular complexity index is 679. The van der Waals surface area contributed by atoms with Gasteiger partial charge in [0.15, 0.2) is 5.78 Å². The van der Waals surface area contributed by atoms with Crippen LogP contribution in [0.3, 0.4) is 0 Å². The number of aliphatic carboxylic acids is 1. The van der Waals surface area contributed by atoms with E-state index in [-0.39, 0.29) is 23.5 Å². The van der Waals surface area contributed by atoms with E-state index in [9.17, 15) is 19.5 Å². The highest BCUT2D eigenvalue weighted by molar-refractivity contribution is 6.04. The van der Waals surface area contributed by atoms with Gasteiger partial charge in [-0.3, -0.25) is 9.59 Å². The smallest absolute Gasteiger partial charge is 0.228 e. The number of rotatable bonds is 4. The lowest BCUT2D eigenvalue weighted by Gasteiger charge is -2.28. The van der Waals surface area contributed by atoms with Crippen LogP contribution >= 0.6 is 0 Å². The summed E-state index contributed by atoms with van der Waals surface area (Å²) < 4.78 is 0. The summed E-state index contributed by atoms with van der Waals surface area (Å²) in [4.78, 5) is 35.5. The molecule has 2 aliphatic carbocycles. The van der Waals surface area contributed by atoms with Crippen LogP contribution in [-0.2, 0) is 9.59 Å². The van der Waals surface area contributed by atoms with E-state index in [0.29, 0.717) is 17.7 Å². The molecule has 0 heterocycles. The Morgan fingerprint density at radius 3 is 2.36 bits per heavy atom. The molecule has 0 unspecified atom stereocenters. The van der Waals surface area contributed by atoms with Crippen LogP contribution in [0.4, 0.5) is 5.69 Å². The first-order valence-corrected chi connectivity index (χ1v) is 7.29. The highest BCUT2D eigenvalue weighted by atomic mass is 16.4. The highest BCUT2D eigenvalue weighted by Gasteiger charge is 2.48. The zero-order chi connectivity index (χ0) is 15.9. The van der Waals surface area contributed by atoms with Crippen LogP contribution in [0.1, 0.15) is 23.7 Å². The first kappa shape index (κ1) is 14.5. The molecule has 0 aliphatic heterocycles. The molecule has 1 N–H and O–H groups in total. The number of benzene rings is 1. The van der Waals surface area contributed by atoms with Gasteiger partial charge in [-0.25, -0.2) is 0 Å². The monoisotopic (exact) mass is 298 g/mol. The van der Waals surface area contributed by atoms with Gasteiger partial charge in [-0.2, -0.15) is 0 Å². The lowest BCUT2D eigenvalue weighted by Crippen LogP contribution is -2.43. The Morgan fingerprint density at radius 1 is 1.09 bits per heavy atom. The lowest BCUT2D eigenvalue weighted by molar-refractivity contribution is -0.313. The number of ketones is 1. The summed E-state index contributed by atoms with van der Waals surface area (Å²) in [6.07, 6.45) is 4.44. The Hall–Kier alpha value is -2.43. The molecule has 5 heteroatoms. The maximum absolute atomic E-state index is 12.5. The molecule has 5 nitrogen and oxygen atoms in total. The van der Waals surface area contributed by atoms with Crippen LogP contribution < -0.4 is 10.4 Å². The average Bonchev–Trinajstić information content (AvgIpc) is 3.08. The molecule has 1 aromatic carbocycles. The molecule has 3 rings (SSSR count). The zero-order valence-corrected chi connectivity index (χ0v) is 12.1. The number of hydrogen-bond donors (Lipinski definition) is 1. The van der Waals surface area contributed by atoms with Gasteiger partial charge in [0.25, 0.3) is 0 Å². The molecule has 4 atom stereocenters. The number of Topliss-reactive ketones (excluding diaryl/α,β-unsaturated/α-hetero) is 1. The predicted molar refractivity (Wildman–Crippen MR) is 77.8 cm³/mol. The van der Waals surface area contributed by atoms with E-state index < -0.39 is 17.8 Å². The topological polar surface area (TPSA) is 86.3 Å². The van der Waals surface area contributed by atoms with E-state index >= 15 is 0 Å². The van der Waals surface area contributed by atoms with Crippen molar-refractivity contribution in [1.82, 2.24) is 0 Å². The van der Waals surface area contributed by atoms with Crippen LogP contribution in [-0.4, -0.2) is 17.7 Å². The van der Waals surface area contributed by atoms with Gasteiger partial charge >= 0.3 is 0 Å². The fraction of sp³-hybridized carbons (Fsp3) is 0.353. The molecule has 0 spiro atoms. The van der Waals surface area contributed by atoms with Gasteiger partial charge in [0.2, 0.25) is 5.91 Å². The second kappa shape index (κ2) is 5.40. The first-order valence-electron chi connectivity index (χ1n) is 7.29. The van der Waals surface area contributed by atoms with Crippen LogP contribution in [0.5, 0.6) is 0 Å². The summed E-state index contributed by atoms with van der Waals surface area (Å²) in [6, 6.07) is 6.72. The van der Waals surface area contributed by atoms with Crippen LogP contribution in [0, 0.1) is 23.7 Å². The van der Waals surface area contributed by atoms with Crippen molar-refractivity contribution in [3.8, 4) is 0 Å². The summed E-state index contributed by atoms with van der Waals surface area (Å²) in [6.45, 7) is 1.43. The van der Waals surface area contributed by atoms with E-state index in [1.807, 2.05) is 12.2 Å². The number of carbonyl (C=O) groups is 3. The third-order valence-electron chi connectivity index (χ3n) is 4.60. The third kappa shape index (κ3) is 2.32. The second-order valence-corrected chi connectivity index (χ2v) is 5.91. The molecular weight excluding hydrogens is 282 g/mol. The number of carbonyl (C=O) groups excluding carboxylic acids is 3. The van der Waals surface area contributed by atoms with E-state index in [0.717, 1.165) is 0 Å². The van der Waals surface area contributed by atoms with Crippen molar-refractivity contribution in [2.24, 2.45) is 23.7 Å². The summed E-state index contributed by atoms with van der Waals surface area (Å²) in [7, 11) is 0. The first-order chi connectivity index (χ1) is 10.5. The minimum atomic E-state index is -1.18. The summed E-state index contributed by atoms with van der Waals surface area (Å²) in [5, 5.41) is 14.1. The van der Waals surface area contributed by atoms with Crippen molar-refractivity contribution in [3.05, 3.63) is 42.0 Å². The van der Waals surface area contributed by atoms with Gasteiger partial charge in [-0.1, -0.05) is 24.3 Å². The Morgan fingerprint density at radius 2 is 1.73 bits per heavy atom. The predicted octanol–water partition coefficient (Wildman–Crippen LogP) is 1.02. The number of amides is 1. The molecule has 2 aliphatic rings. The minimum Gasteiger partial charge on any atom is -0.550 e. The van der Waals surface area contributed by atoms with Gasteiger partial charge in [-0.05, 0) is 37.3 Å². The fourth-order valence-corrected chi connectivity index (χ4v) is 3.62. The quantitative estimate of drug-likeness (QED) is 0.664. The van der Waals surface area contributed by atoms with Crippen molar-refractivity contribution < 1.29 is 19.5 Å². The van der Waals surface area contributed by atoms with Crippen molar-refractivity contribution in [2.75, 3.05) is 5.32 Å². The second-order valence-electron chi connectivity index (χ2n) is 5.91. The van der Waals surface area contributed by atoms with Crippen molar-refractivity contribution in [2.45, 2.75) is 13.3 Å². The van der Waals surface area contributed by atoms with Gasteiger partial charge in [0, 0.05) is 17.5 Å². The summed E-state index contributed by atoms with van der Waals surface area (Å²) >= 11 is 0. The number of carboxylic acid groups (broad SMARTS) is 1. The zero-order valence-electron chi connectivity index (χ0n) is 12.1. The summed E-state index contributed by atoms with van der Waals surface area (Å²) in [5.41, 5.74) is 0.836. The maximum Gasteiger partial charge on any atom is 0.228 e. The van der Waals surface area contributed by atoms with Crippen molar-refractivity contribution in [1.29, 1.82) is 0 Å². The van der Waals surface area contributed by atoms with Gasteiger partial charge in [-0.15, -0.1) is 0 Å². The normalized spacial score (nSPS) is 28.6.